The molecular formula is C12H18BrN3O2. The summed E-state index contributed by atoms with van der Waals surface area (Å²) in [5, 5.41) is 7.38. The zero-order valence-electron chi connectivity index (χ0n) is 10.6. The fourth-order valence-electron chi connectivity index (χ4n) is 2.10. The fraction of sp³-hybridized carbons (Fsp3) is 0.667. The van der Waals surface area contributed by atoms with Crippen molar-refractivity contribution in [1.29, 1.82) is 0 Å². The van der Waals surface area contributed by atoms with E-state index in [0.29, 0.717) is 16.9 Å². The molecule has 2 heterocycles. The molecule has 2 unspecified atom stereocenters. The van der Waals surface area contributed by atoms with Gasteiger partial charge >= 0.3 is 0 Å². The molecule has 1 saturated heterocycles. The first-order valence-electron chi connectivity index (χ1n) is 6.24. The summed E-state index contributed by atoms with van der Waals surface area (Å²) < 4.78 is 7.49. The molecule has 0 radical (unpaired) electrons. The zero-order chi connectivity index (χ0) is 13.1. The standard InChI is InChI=1S/C12H18BrN3O2/c1-3-16-12(17)11(13)10(7-15-16)14-6-9-4-5-18-8(9)2/h7-9,14H,3-6H2,1-2H3. The molecule has 0 spiro atoms. The minimum Gasteiger partial charge on any atom is -0.382 e. The molecular weight excluding hydrogens is 298 g/mol. The average Bonchev–Trinajstić information content (AvgIpc) is 2.77. The van der Waals surface area contributed by atoms with Gasteiger partial charge in [-0.05, 0) is 36.2 Å². The second kappa shape index (κ2) is 5.84. The van der Waals surface area contributed by atoms with E-state index < -0.39 is 0 Å². The van der Waals surface area contributed by atoms with Crippen molar-refractivity contribution in [2.45, 2.75) is 32.9 Å². The highest BCUT2D eigenvalue weighted by Gasteiger charge is 2.24. The SMILES string of the molecule is CCn1ncc(NCC2CCOC2C)c(Br)c1=O. The summed E-state index contributed by atoms with van der Waals surface area (Å²) in [6, 6.07) is 0. The van der Waals surface area contributed by atoms with Crippen LogP contribution in [0.5, 0.6) is 0 Å². The average molecular weight is 316 g/mol. The van der Waals surface area contributed by atoms with Crippen LogP contribution >= 0.6 is 15.9 Å². The second-order valence-electron chi connectivity index (χ2n) is 4.50. The lowest BCUT2D eigenvalue weighted by atomic mass is 10.0. The van der Waals surface area contributed by atoms with Crippen LogP contribution in [0.3, 0.4) is 0 Å². The summed E-state index contributed by atoms with van der Waals surface area (Å²) in [5.41, 5.74) is 0.655. The summed E-state index contributed by atoms with van der Waals surface area (Å²) in [5.74, 6) is 0.491. The van der Waals surface area contributed by atoms with Gasteiger partial charge in [-0.25, -0.2) is 4.68 Å². The highest BCUT2D eigenvalue weighted by Crippen LogP contribution is 2.22. The Morgan fingerprint density at radius 1 is 1.67 bits per heavy atom. The number of hydrogen-bond donors (Lipinski definition) is 1. The van der Waals surface area contributed by atoms with Gasteiger partial charge in [0.1, 0.15) is 4.47 Å². The number of aromatic nitrogens is 2. The summed E-state index contributed by atoms with van der Waals surface area (Å²) in [7, 11) is 0. The van der Waals surface area contributed by atoms with E-state index in [9.17, 15) is 4.79 Å². The molecule has 0 amide bonds. The third-order valence-electron chi connectivity index (χ3n) is 3.37. The van der Waals surface area contributed by atoms with Gasteiger partial charge < -0.3 is 10.1 Å². The number of rotatable bonds is 4. The molecule has 1 aliphatic rings. The molecule has 0 aliphatic carbocycles. The van der Waals surface area contributed by atoms with Crippen molar-refractivity contribution >= 4 is 21.6 Å². The maximum atomic E-state index is 11.9. The monoisotopic (exact) mass is 315 g/mol. The molecule has 100 valence electrons. The topological polar surface area (TPSA) is 56.1 Å². The van der Waals surface area contributed by atoms with Gasteiger partial charge in [0.25, 0.3) is 5.56 Å². The van der Waals surface area contributed by atoms with Crippen molar-refractivity contribution in [3.05, 3.63) is 21.0 Å². The van der Waals surface area contributed by atoms with E-state index in [1.807, 2.05) is 6.92 Å². The maximum absolute atomic E-state index is 11.9. The number of halogens is 1. The van der Waals surface area contributed by atoms with Crippen molar-refractivity contribution in [2.24, 2.45) is 5.92 Å². The first kappa shape index (κ1) is 13.5. The molecule has 0 aromatic carbocycles. The van der Waals surface area contributed by atoms with E-state index in [2.05, 4.69) is 33.3 Å². The van der Waals surface area contributed by atoms with E-state index in [4.69, 9.17) is 4.74 Å². The van der Waals surface area contributed by atoms with Crippen LogP contribution in [-0.2, 0) is 11.3 Å². The van der Waals surface area contributed by atoms with E-state index in [1.54, 1.807) is 6.20 Å². The van der Waals surface area contributed by atoms with Gasteiger partial charge in [-0.3, -0.25) is 4.79 Å². The first-order valence-corrected chi connectivity index (χ1v) is 7.04. The fourth-order valence-corrected chi connectivity index (χ4v) is 2.55. The van der Waals surface area contributed by atoms with Crippen molar-refractivity contribution in [1.82, 2.24) is 9.78 Å². The highest BCUT2D eigenvalue weighted by atomic mass is 79.9. The first-order chi connectivity index (χ1) is 8.63. The van der Waals surface area contributed by atoms with Gasteiger partial charge in [0.05, 0.1) is 18.0 Å². The van der Waals surface area contributed by atoms with Gasteiger partial charge in [0, 0.05) is 25.6 Å². The van der Waals surface area contributed by atoms with Gasteiger partial charge in [0.2, 0.25) is 0 Å². The van der Waals surface area contributed by atoms with Crippen molar-refractivity contribution in [3.8, 4) is 0 Å². The van der Waals surface area contributed by atoms with Crippen molar-refractivity contribution < 1.29 is 4.74 Å². The molecule has 1 aliphatic heterocycles. The second-order valence-corrected chi connectivity index (χ2v) is 5.29. The Labute approximate surface area is 115 Å². The lowest BCUT2D eigenvalue weighted by Gasteiger charge is -2.16. The van der Waals surface area contributed by atoms with Crippen molar-refractivity contribution in [3.63, 3.8) is 0 Å². The third-order valence-corrected chi connectivity index (χ3v) is 4.14. The van der Waals surface area contributed by atoms with Gasteiger partial charge in [-0.15, -0.1) is 0 Å². The predicted octanol–water partition coefficient (Wildman–Crippen LogP) is 1.86. The van der Waals surface area contributed by atoms with Crippen molar-refractivity contribution in [2.75, 3.05) is 18.5 Å². The molecule has 6 heteroatoms. The van der Waals surface area contributed by atoms with Crippen LogP contribution in [0.15, 0.2) is 15.5 Å². The van der Waals surface area contributed by atoms with Crippen LogP contribution in [-0.4, -0.2) is 29.0 Å². The Bertz CT molecular complexity index is 475. The lowest BCUT2D eigenvalue weighted by Crippen LogP contribution is -2.26. The number of ether oxygens (including phenoxy) is 1. The van der Waals surface area contributed by atoms with Gasteiger partial charge in [-0.1, -0.05) is 0 Å². The van der Waals surface area contributed by atoms with E-state index in [0.717, 1.165) is 25.3 Å². The number of nitrogens with zero attached hydrogens (tertiary/aromatic N) is 2. The summed E-state index contributed by atoms with van der Waals surface area (Å²) in [6.07, 6.45) is 3.03. The summed E-state index contributed by atoms with van der Waals surface area (Å²) in [6.45, 7) is 6.18. The largest absolute Gasteiger partial charge is 0.382 e. The van der Waals surface area contributed by atoms with Gasteiger partial charge in [0.15, 0.2) is 0 Å². The van der Waals surface area contributed by atoms with Crippen LogP contribution in [0.4, 0.5) is 5.69 Å². The van der Waals surface area contributed by atoms with Crippen LogP contribution in [0.1, 0.15) is 20.3 Å². The Morgan fingerprint density at radius 2 is 2.44 bits per heavy atom. The molecule has 18 heavy (non-hydrogen) atoms. The molecule has 1 N–H and O–H groups in total. The maximum Gasteiger partial charge on any atom is 0.283 e. The summed E-state index contributed by atoms with van der Waals surface area (Å²) >= 11 is 3.33. The summed E-state index contributed by atoms with van der Waals surface area (Å²) in [4.78, 5) is 11.9. The smallest absolute Gasteiger partial charge is 0.283 e. The Kier molecular flexibility index (Phi) is 4.40. The highest BCUT2D eigenvalue weighted by molar-refractivity contribution is 9.10. The normalized spacial score (nSPS) is 23.3. The molecule has 5 nitrogen and oxygen atoms in total. The number of anilines is 1. The number of hydrogen-bond acceptors (Lipinski definition) is 4. The molecule has 0 bridgehead atoms. The van der Waals surface area contributed by atoms with Crippen LogP contribution in [0.2, 0.25) is 0 Å². The molecule has 0 saturated carbocycles. The number of nitrogens with one attached hydrogen (secondary N) is 1. The molecule has 1 fully saturated rings. The van der Waals surface area contributed by atoms with E-state index in [-0.39, 0.29) is 11.7 Å². The van der Waals surface area contributed by atoms with Crippen LogP contribution in [0, 0.1) is 5.92 Å². The van der Waals surface area contributed by atoms with Crippen LogP contribution in [0.25, 0.3) is 0 Å². The van der Waals surface area contributed by atoms with Crippen LogP contribution < -0.4 is 10.9 Å². The molecule has 1 aromatic rings. The Hall–Kier alpha value is -0.880. The quantitative estimate of drug-likeness (QED) is 0.921. The predicted molar refractivity (Wildman–Crippen MR) is 73.9 cm³/mol. The van der Waals surface area contributed by atoms with Gasteiger partial charge in [-0.2, -0.15) is 5.10 Å². The molecule has 1 aromatic heterocycles. The minimum atomic E-state index is -0.0989. The molecule has 2 atom stereocenters. The molecule has 2 rings (SSSR count). The Morgan fingerprint density at radius 3 is 3.06 bits per heavy atom. The lowest BCUT2D eigenvalue weighted by molar-refractivity contribution is 0.108. The zero-order valence-corrected chi connectivity index (χ0v) is 12.2. The minimum absolute atomic E-state index is 0.0989. The number of aryl methyl sites for hydroxylation is 1. The Balaban J connectivity index is 2.06. The van der Waals surface area contributed by atoms with E-state index in [1.165, 1.54) is 4.68 Å². The third kappa shape index (κ3) is 2.75. The van der Waals surface area contributed by atoms with E-state index >= 15 is 0 Å².